The molecule has 184 valence electrons. The van der Waals surface area contributed by atoms with Crippen molar-refractivity contribution in [1.82, 2.24) is 19.5 Å². The number of pyridine rings is 2. The summed E-state index contributed by atoms with van der Waals surface area (Å²) >= 11 is 6.38. The Morgan fingerprint density at radius 2 is 2.00 bits per heavy atom. The quantitative estimate of drug-likeness (QED) is 0.479. The van der Waals surface area contributed by atoms with Crippen molar-refractivity contribution in [2.45, 2.75) is 24.9 Å². The van der Waals surface area contributed by atoms with Gasteiger partial charge < -0.3 is 30.0 Å². The third kappa shape index (κ3) is 4.05. The Bertz CT molecular complexity index is 1340. The Labute approximate surface area is 206 Å². The van der Waals surface area contributed by atoms with Crippen LogP contribution in [0.3, 0.4) is 0 Å². The number of aromatic nitrogens is 3. The second-order valence-electron chi connectivity index (χ2n) is 9.38. The fourth-order valence-electron chi connectivity index (χ4n) is 5.22. The van der Waals surface area contributed by atoms with E-state index in [4.69, 9.17) is 21.1 Å². The Kier molecular flexibility index (Phi) is 5.66. The first kappa shape index (κ1) is 22.4. The number of amides is 1. The average molecular weight is 499 g/mol. The van der Waals surface area contributed by atoms with Gasteiger partial charge in [-0.2, -0.15) is 5.10 Å². The van der Waals surface area contributed by atoms with Crippen molar-refractivity contribution >= 4 is 40.2 Å². The van der Waals surface area contributed by atoms with Crippen LogP contribution in [0.4, 0.5) is 17.2 Å². The first-order chi connectivity index (χ1) is 17.0. The van der Waals surface area contributed by atoms with E-state index in [9.17, 15) is 9.59 Å². The van der Waals surface area contributed by atoms with Crippen molar-refractivity contribution in [3.8, 4) is 0 Å². The molecule has 3 aliphatic rings. The fraction of sp³-hybridized carbons (Fsp3) is 0.458. The van der Waals surface area contributed by atoms with Crippen LogP contribution in [-0.4, -0.2) is 59.6 Å². The van der Waals surface area contributed by atoms with Gasteiger partial charge in [0.25, 0.3) is 11.5 Å². The number of nitrogens with one attached hydrogen (secondary N) is 3. The van der Waals surface area contributed by atoms with E-state index < -0.39 is 0 Å². The van der Waals surface area contributed by atoms with Gasteiger partial charge >= 0.3 is 0 Å². The Morgan fingerprint density at radius 3 is 2.74 bits per heavy atom. The summed E-state index contributed by atoms with van der Waals surface area (Å²) in [7, 11) is 1.78. The van der Waals surface area contributed by atoms with Crippen molar-refractivity contribution < 1.29 is 14.3 Å². The molecule has 1 saturated carbocycles. The Hall–Kier alpha value is -3.08. The third-order valence-corrected chi connectivity index (χ3v) is 7.39. The molecule has 0 aromatic carbocycles. The number of nitrogens with zero attached hydrogens (tertiary/aromatic N) is 3. The van der Waals surface area contributed by atoms with Gasteiger partial charge in [0.05, 0.1) is 48.2 Å². The van der Waals surface area contributed by atoms with Crippen molar-refractivity contribution in [3.05, 3.63) is 51.5 Å². The van der Waals surface area contributed by atoms with Gasteiger partial charge in [-0.3, -0.25) is 9.59 Å². The molecule has 2 aliphatic heterocycles. The highest BCUT2D eigenvalue weighted by atomic mass is 35.5. The molecule has 6 rings (SSSR count). The number of ether oxygens (including phenoxy) is 2. The number of hydrogen-bond acceptors (Lipinski definition) is 7. The maximum atomic E-state index is 13.3. The maximum Gasteiger partial charge on any atom is 0.274 e. The highest BCUT2D eigenvalue weighted by Gasteiger charge is 2.54. The number of halogens is 1. The summed E-state index contributed by atoms with van der Waals surface area (Å²) < 4.78 is 14.3. The van der Waals surface area contributed by atoms with Crippen LogP contribution in [0.2, 0.25) is 5.02 Å². The fourth-order valence-corrected chi connectivity index (χ4v) is 5.44. The van der Waals surface area contributed by atoms with E-state index >= 15 is 0 Å². The van der Waals surface area contributed by atoms with E-state index in [0.29, 0.717) is 71.6 Å². The zero-order chi connectivity index (χ0) is 24.1. The SMILES string of the molecule is CNc1cc(Nc2cc(Cl)cn([C@H]3CCCOC3)c2=O)cc2c(C(=O)N[C@H]3[C@@H]4COC[C@@H]43)cnn12. The Balaban J connectivity index is 1.32. The van der Waals surface area contributed by atoms with Crippen LogP contribution in [0.1, 0.15) is 29.2 Å². The van der Waals surface area contributed by atoms with Crippen LogP contribution in [0.15, 0.2) is 35.4 Å². The zero-order valence-corrected chi connectivity index (χ0v) is 20.0. The number of carbonyl (C=O) groups excluding carboxylic acids is 1. The maximum absolute atomic E-state index is 13.3. The molecule has 2 saturated heterocycles. The molecule has 35 heavy (non-hydrogen) atoms. The first-order valence-electron chi connectivity index (χ1n) is 11.9. The molecule has 5 heterocycles. The lowest BCUT2D eigenvalue weighted by Crippen LogP contribution is -2.31. The van der Waals surface area contributed by atoms with Crippen molar-refractivity contribution in [2.75, 3.05) is 44.1 Å². The molecule has 1 amide bonds. The van der Waals surface area contributed by atoms with Crippen molar-refractivity contribution in [1.29, 1.82) is 0 Å². The van der Waals surface area contributed by atoms with Crippen LogP contribution >= 0.6 is 11.6 Å². The molecule has 0 bridgehead atoms. The zero-order valence-electron chi connectivity index (χ0n) is 19.3. The van der Waals surface area contributed by atoms with E-state index in [-0.39, 0.29) is 23.6 Å². The normalized spacial score (nSPS) is 25.3. The predicted molar refractivity (Wildman–Crippen MR) is 132 cm³/mol. The lowest BCUT2D eigenvalue weighted by atomic mass is 10.1. The number of anilines is 3. The topological polar surface area (TPSA) is 111 Å². The van der Waals surface area contributed by atoms with Gasteiger partial charge in [-0.25, -0.2) is 4.52 Å². The number of carbonyl (C=O) groups is 1. The molecule has 0 unspecified atom stereocenters. The number of hydrogen-bond donors (Lipinski definition) is 3. The first-order valence-corrected chi connectivity index (χ1v) is 12.3. The highest BCUT2D eigenvalue weighted by Crippen LogP contribution is 2.44. The van der Waals surface area contributed by atoms with Crippen molar-refractivity contribution in [2.24, 2.45) is 11.8 Å². The van der Waals surface area contributed by atoms with Crippen LogP contribution in [0.25, 0.3) is 5.52 Å². The molecule has 3 N–H and O–H groups in total. The number of fused-ring (bicyclic) bond motifs is 2. The average Bonchev–Trinajstić information content (AvgIpc) is 3.22. The molecule has 10 nitrogen and oxygen atoms in total. The second-order valence-corrected chi connectivity index (χ2v) is 9.82. The molecule has 3 aromatic heterocycles. The summed E-state index contributed by atoms with van der Waals surface area (Å²) in [5, 5.41) is 14.3. The molecule has 0 spiro atoms. The summed E-state index contributed by atoms with van der Waals surface area (Å²) in [4.78, 5) is 26.3. The van der Waals surface area contributed by atoms with Crippen LogP contribution in [0.5, 0.6) is 0 Å². The van der Waals surface area contributed by atoms with Crippen molar-refractivity contribution in [3.63, 3.8) is 0 Å². The van der Waals surface area contributed by atoms with Gasteiger partial charge in [0.1, 0.15) is 11.5 Å². The highest BCUT2D eigenvalue weighted by molar-refractivity contribution is 6.30. The van der Waals surface area contributed by atoms with E-state index in [2.05, 4.69) is 21.0 Å². The number of rotatable bonds is 6. The molecule has 3 aromatic rings. The van der Waals surface area contributed by atoms with Gasteiger partial charge in [0, 0.05) is 49.5 Å². The molecule has 3 fully saturated rings. The largest absolute Gasteiger partial charge is 0.381 e. The molecular formula is C24H27ClN6O4. The van der Waals surface area contributed by atoms with E-state index in [0.717, 1.165) is 12.8 Å². The second kappa shape index (κ2) is 8.85. The van der Waals surface area contributed by atoms with Gasteiger partial charge in [-0.05, 0) is 25.0 Å². The molecule has 1 aliphatic carbocycles. The van der Waals surface area contributed by atoms with Crippen LogP contribution < -0.4 is 21.5 Å². The molecule has 0 radical (unpaired) electrons. The molecular weight excluding hydrogens is 472 g/mol. The minimum atomic E-state index is -0.176. The minimum absolute atomic E-state index is 0.0525. The summed E-state index contributed by atoms with van der Waals surface area (Å²) in [6.45, 7) is 2.60. The lowest BCUT2D eigenvalue weighted by molar-refractivity contribution is 0.0581. The third-order valence-electron chi connectivity index (χ3n) is 7.19. The van der Waals surface area contributed by atoms with Crippen LogP contribution in [0, 0.1) is 11.8 Å². The van der Waals surface area contributed by atoms with Gasteiger partial charge in [-0.1, -0.05) is 11.6 Å². The lowest BCUT2D eigenvalue weighted by Gasteiger charge is -2.25. The summed E-state index contributed by atoms with van der Waals surface area (Å²) in [5.41, 5.74) is 1.91. The Morgan fingerprint density at radius 1 is 1.17 bits per heavy atom. The summed E-state index contributed by atoms with van der Waals surface area (Å²) in [6, 6.07) is 5.37. The molecule has 4 atom stereocenters. The van der Waals surface area contributed by atoms with Gasteiger partial charge in [-0.15, -0.1) is 0 Å². The summed E-state index contributed by atoms with van der Waals surface area (Å²) in [6.07, 6.45) is 4.99. The minimum Gasteiger partial charge on any atom is -0.381 e. The van der Waals surface area contributed by atoms with Gasteiger partial charge in [0.15, 0.2) is 0 Å². The summed E-state index contributed by atoms with van der Waals surface area (Å²) in [5.74, 6) is 1.32. The van der Waals surface area contributed by atoms with Crippen LogP contribution in [-0.2, 0) is 9.47 Å². The standard InChI is InChI=1S/C24H27ClN6O4/c1-26-21-7-14(28-19-5-13(25)9-30(24(19)33)15-3-2-4-34-10-15)6-20-16(8-27-31(20)21)23(32)29-22-17-11-35-12-18(17)22/h5-9,15,17-18,22,26,28H,2-4,10-12H2,1H3,(H,29,32)/t15-,17-,18+,22+/m0/s1. The molecule has 11 heteroatoms. The smallest absolute Gasteiger partial charge is 0.274 e. The monoisotopic (exact) mass is 498 g/mol. The predicted octanol–water partition coefficient (Wildman–Crippen LogP) is 2.66. The van der Waals surface area contributed by atoms with Gasteiger partial charge in [0.2, 0.25) is 0 Å². The van der Waals surface area contributed by atoms with E-state index in [1.54, 1.807) is 34.6 Å². The van der Waals surface area contributed by atoms with E-state index in [1.165, 1.54) is 0 Å². The van der Waals surface area contributed by atoms with E-state index in [1.807, 2.05) is 12.1 Å².